The van der Waals surface area contributed by atoms with E-state index >= 15 is 0 Å². The first-order chi connectivity index (χ1) is 9.94. The van der Waals surface area contributed by atoms with Crippen molar-refractivity contribution >= 4 is 15.7 Å². The van der Waals surface area contributed by atoms with Gasteiger partial charge in [-0.05, 0) is 43.0 Å². The van der Waals surface area contributed by atoms with Gasteiger partial charge in [-0.2, -0.15) is 0 Å². The summed E-state index contributed by atoms with van der Waals surface area (Å²) in [5, 5.41) is 0. The minimum absolute atomic E-state index is 0.284. The fraction of sp³-hybridized carbons (Fsp3) is 0.294. The predicted octanol–water partition coefficient (Wildman–Crippen LogP) is 4.31. The third-order valence-corrected chi connectivity index (χ3v) is 5.06. The molecule has 0 unspecified atom stereocenters. The minimum Gasteiger partial charge on any atom is -0.279 e. The first-order valence-corrected chi connectivity index (χ1v) is 8.60. The first-order valence-electron chi connectivity index (χ1n) is 7.12. The molecule has 0 bridgehead atoms. The van der Waals surface area contributed by atoms with Crippen LogP contribution in [0.5, 0.6) is 0 Å². The molecule has 0 radical (unpaired) electrons. The van der Waals surface area contributed by atoms with E-state index in [2.05, 4.69) is 18.6 Å². The van der Waals surface area contributed by atoms with Crippen molar-refractivity contribution in [3.63, 3.8) is 0 Å². The van der Waals surface area contributed by atoms with Crippen molar-refractivity contribution in [1.29, 1.82) is 0 Å². The second-order valence-electron chi connectivity index (χ2n) is 5.32. The quantitative estimate of drug-likeness (QED) is 0.894. The molecule has 0 aromatic heterocycles. The number of hydrogen-bond acceptors (Lipinski definition) is 2. The Labute approximate surface area is 127 Å². The van der Waals surface area contributed by atoms with Crippen LogP contribution >= 0.6 is 0 Å². The van der Waals surface area contributed by atoms with Crippen LogP contribution in [0.3, 0.4) is 0 Å². The smallest absolute Gasteiger partial charge is 0.261 e. The van der Waals surface area contributed by atoms with E-state index in [0.717, 1.165) is 17.5 Å². The molecule has 0 aliphatic carbocycles. The molecule has 0 amide bonds. The van der Waals surface area contributed by atoms with Gasteiger partial charge in [-0.3, -0.25) is 4.72 Å². The summed E-state index contributed by atoms with van der Waals surface area (Å²) in [6.07, 6.45) is 0.962. The average Bonchev–Trinajstić information content (AvgIpc) is 2.47. The summed E-state index contributed by atoms with van der Waals surface area (Å²) in [6, 6.07) is 14.4. The van der Waals surface area contributed by atoms with E-state index in [1.54, 1.807) is 24.3 Å². The van der Waals surface area contributed by atoms with Gasteiger partial charge in [-0.25, -0.2) is 8.42 Å². The van der Waals surface area contributed by atoms with Gasteiger partial charge in [0.25, 0.3) is 10.0 Å². The summed E-state index contributed by atoms with van der Waals surface area (Å²) >= 11 is 0. The van der Waals surface area contributed by atoms with E-state index in [1.165, 1.54) is 0 Å². The van der Waals surface area contributed by atoms with Crippen LogP contribution < -0.4 is 4.72 Å². The van der Waals surface area contributed by atoms with Crippen LogP contribution in [-0.4, -0.2) is 8.42 Å². The zero-order chi connectivity index (χ0) is 15.5. The number of benzene rings is 2. The predicted molar refractivity (Wildman–Crippen MR) is 87.1 cm³/mol. The molecule has 1 N–H and O–H groups in total. The van der Waals surface area contributed by atoms with E-state index in [1.807, 2.05) is 31.2 Å². The summed E-state index contributed by atoms with van der Waals surface area (Å²) in [5.41, 5.74) is 2.72. The number of anilines is 1. The number of nitrogens with one attached hydrogen (secondary N) is 1. The summed E-state index contributed by atoms with van der Waals surface area (Å²) in [4.78, 5) is 0.284. The highest BCUT2D eigenvalue weighted by Gasteiger charge is 2.17. The Morgan fingerprint density at radius 3 is 2.29 bits per heavy atom. The maximum absolute atomic E-state index is 12.5. The molecule has 4 heteroatoms. The van der Waals surface area contributed by atoms with Crippen molar-refractivity contribution in [3.05, 3.63) is 59.7 Å². The Morgan fingerprint density at radius 1 is 1.05 bits per heavy atom. The molecule has 21 heavy (non-hydrogen) atoms. The average molecular weight is 303 g/mol. The number of sulfonamides is 1. The Balaban J connectivity index is 2.35. The van der Waals surface area contributed by atoms with Crippen LogP contribution in [0.1, 0.15) is 37.3 Å². The van der Waals surface area contributed by atoms with Gasteiger partial charge in [0.1, 0.15) is 0 Å². The highest BCUT2D eigenvalue weighted by molar-refractivity contribution is 7.92. The second kappa shape index (κ2) is 6.31. The molecule has 0 saturated heterocycles. The molecule has 1 atom stereocenters. The van der Waals surface area contributed by atoms with E-state index in [-0.39, 0.29) is 4.90 Å². The van der Waals surface area contributed by atoms with Crippen molar-refractivity contribution in [3.8, 4) is 0 Å². The SMILES string of the molecule is CC[C@@H](C)c1ccccc1NS(=O)(=O)c1ccc(C)cc1. The van der Waals surface area contributed by atoms with Gasteiger partial charge in [0.15, 0.2) is 0 Å². The molecule has 2 aromatic carbocycles. The summed E-state index contributed by atoms with van der Waals surface area (Å²) in [6.45, 7) is 6.12. The maximum atomic E-state index is 12.5. The zero-order valence-electron chi connectivity index (χ0n) is 12.6. The molecule has 3 nitrogen and oxygen atoms in total. The molecular formula is C17H21NO2S. The maximum Gasteiger partial charge on any atom is 0.261 e. The van der Waals surface area contributed by atoms with E-state index in [0.29, 0.717) is 11.6 Å². The Hall–Kier alpha value is -1.81. The Kier molecular flexibility index (Phi) is 4.68. The van der Waals surface area contributed by atoms with Crippen molar-refractivity contribution in [2.45, 2.75) is 38.0 Å². The van der Waals surface area contributed by atoms with Gasteiger partial charge in [-0.15, -0.1) is 0 Å². The molecule has 0 fully saturated rings. The lowest BCUT2D eigenvalue weighted by atomic mass is 9.97. The van der Waals surface area contributed by atoms with Gasteiger partial charge < -0.3 is 0 Å². The zero-order valence-corrected chi connectivity index (χ0v) is 13.4. The normalized spacial score (nSPS) is 12.9. The van der Waals surface area contributed by atoms with Crippen LogP contribution in [-0.2, 0) is 10.0 Å². The molecule has 0 aliphatic rings. The monoisotopic (exact) mass is 303 g/mol. The van der Waals surface area contributed by atoms with Crippen LogP contribution in [0.2, 0.25) is 0 Å². The third kappa shape index (κ3) is 3.64. The van der Waals surface area contributed by atoms with Crippen molar-refractivity contribution in [1.82, 2.24) is 0 Å². The van der Waals surface area contributed by atoms with Crippen LogP contribution in [0.4, 0.5) is 5.69 Å². The van der Waals surface area contributed by atoms with E-state index < -0.39 is 10.0 Å². The summed E-state index contributed by atoms with van der Waals surface area (Å²) in [5.74, 6) is 0.307. The number of aryl methyl sites for hydroxylation is 1. The van der Waals surface area contributed by atoms with E-state index in [9.17, 15) is 8.42 Å². The first kappa shape index (κ1) is 15.6. The molecule has 112 valence electrons. The molecule has 0 spiro atoms. The lowest BCUT2D eigenvalue weighted by Gasteiger charge is -2.16. The highest BCUT2D eigenvalue weighted by atomic mass is 32.2. The molecule has 2 aromatic rings. The van der Waals surface area contributed by atoms with Gasteiger partial charge >= 0.3 is 0 Å². The fourth-order valence-electron chi connectivity index (χ4n) is 2.16. The van der Waals surface area contributed by atoms with Gasteiger partial charge in [0.2, 0.25) is 0 Å². The second-order valence-corrected chi connectivity index (χ2v) is 7.00. The number of para-hydroxylation sites is 1. The fourth-order valence-corrected chi connectivity index (χ4v) is 3.25. The van der Waals surface area contributed by atoms with Gasteiger partial charge in [0.05, 0.1) is 10.6 Å². The summed E-state index contributed by atoms with van der Waals surface area (Å²) in [7, 11) is -3.54. The molecule has 2 rings (SSSR count). The van der Waals surface area contributed by atoms with Crippen LogP contribution in [0, 0.1) is 6.92 Å². The topological polar surface area (TPSA) is 46.2 Å². The van der Waals surface area contributed by atoms with Crippen molar-refractivity contribution < 1.29 is 8.42 Å². The number of hydrogen-bond donors (Lipinski definition) is 1. The molecule has 0 saturated carbocycles. The Morgan fingerprint density at radius 2 is 1.67 bits per heavy atom. The lowest BCUT2D eigenvalue weighted by Crippen LogP contribution is -2.14. The van der Waals surface area contributed by atoms with Crippen molar-refractivity contribution in [2.24, 2.45) is 0 Å². The molecule has 0 aliphatic heterocycles. The lowest BCUT2D eigenvalue weighted by molar-refractivity contribution is 0.601. The standard InChI is InChI=1S/C17H21NO2S/c1-4-14(3)16-7-5-6-8-17(16)18-21(19,20)15-11-9-13(2)10-12-15/h5-12,14,18H,4H2,1-3H3/t14-/m1/s1. The molecule has 0 heterocycles. The highest BCUT2D eigenvalue weighted by Crippen LogP contribution is 2.28. The van der Waals surface area contributed by atoms with Crippen LogP contribution in [0.25, 0.3) is 0 Å². The number of rotatable bonds is 5. The third-order valence-electron chi connectivity index (χ3n) is 3.68. The minimum atomic E-state index is -3.54. The summed E-state index contributed by atoms with van der Waals surface area (Å²) < 4.78 is 27.6. The van der Waals surface area contributed by atoms with E-state index in [4.69, 9.17) is 0 Å². The van der Waals surface area contributed by atoms with Crippen molar-refractivity contribution in [2.75, 3.05) is 4.72 Å². The van der Waals surface area contributed by atoms with Gasteiger partial charge in [0, 0.05) is 0 Å². The Bertz CT molecular complexity index is 706. The largest absolute Gasteiger partial charge is 0.279 e. The van der Waals surface area contributed by atoms with Gasteiger partial charge in [-0.1, -0.05) is 49.7 Å². The van der Waals surface area contributed by atoms with Crippen LogP contribution in [0.15, 0.2) is 53.4 Å². The molecular weight excluding hydrogens is 282 g/mol.